The van der Waals surface area contributed by atoms with Gasteiger partial charge >= 0.3 is 0 Å². The molecule has 1 N–H and O–H groups in total. The summed E-state index contributed by atoms with van der Waals surface area (Å²) in [6.45, 7) is 5.31. The van der Waals surface area contributed by atoms with Gasteiger partial charge in [-0.3, -0.25) is 5.26 Å². The van der Waals surface area contributed by atoms with Crippen molar-refractivity contribution in [2.75, 3.05) is 0 Å². The van der Waals surface area contributed by atoms with Crippen molar-refractivity contribution >= 4 is 0 Å². The van der Waals surface area contributed by atoms with Gasteiger partial charge in [0.2, 0.25) is 0 Å². The van der Waals surface area contributed by atoms with Crippen LogP contribution in [-0.2, 0) is 4.89 Å². The van der Waals surface area contributed by atoms with E-state index in [1.165, 1.54) is 0 Å². The Morgan fingerprint density at radius 3 is 1.43 bits per heavy atom. The van der Waals surface area contributed by atoms with Crippen molar-refractivity contribution < 1.29 is 51.0 Å². The van der Waals surface area contributed by atoms with E-state index in [0.29, 0.717) is 0 Å². The molecule has 0 radical (unpaired) electrons. The Bertz CT molecular complexity index is 39.4. The molecule has 7 heavy (non-hydrogen) atoms. The molecule has 0 fully saturated rings. The van der Waals surface area contributed by atoms with Crippen molar-refractivity contribution in [1.29, 1.82) is 0 Å². The number of hydrogen-bond donors (Lipinski definition) is 1. The van der Waals surface area contributed by atoms with Crippen molar-refractivity contribution in [2.45, 2.75) is 26.4 Å². The van der Waals surface area contributed by atoms with Crippen LogP contribution < -0.4 is 0 Å². The maximum atomic E-state index is 7.90. The minimum Gasteiger partial charge on any atom is -0.251 e. The third kappa shape index (κ3) is 11.1. The fourth-order valence-corrected chi connectivity index (χ4v) is 0. The fraction of sp³-hybridized carbons (Fsp3) is 1.00. The van der Waals surface area contributed by atoms with Crippen molar-refractivity contribution in [2.24, 2.45) is 0 Å². The summed E-state index contributed by atoms with van der Waals surface area (Å²) in [5, 5.41) is 7.90. The summed E-state index contributed by atoms with van der Waals surface area (Å²) in [5.74, 6) is 0. The summed E-state index contributed by atoms with van der Waals surface area (Å²) >= 11 is 0. The first-order valence-electron chi connectivity index (χ1n) is 1.89. The maximum Gasteiger partial charge on any atom is 0.0949 e. The second kappa shape index (κ2) is 4.18. The van der Waals surface area contributed by atoms with Crippen molar-refractivity contribution in [3.8, 4) is 0 Å². The Hall–Kier alpha value is 1.27. The summed E-state index contributed by atoms with van der Waals surface area (Å²) in [7, 11) is 0. The molecule has 0 rings (SSSR count). The zero-order valence-corrected chi connectivity index (χ0v) is 8.06. The molecule has 0 spiro atoms. The van der Waals surface area contributed by atoms with Crippen LogP contribution in [0.2, 0.25) is 0 Å². The van der Waals surface area contributed by atoms with Gasteiger partial charge in [-0.2, -0.15) is 0 Å². The molecule has 42 valence electrons. The first-order valence-corrected chi connectivity index (χ1v) is 1.89. The van der Waals surface area contributed by atoms with E-state index in [4.69, 9.17) is 5.26 Å². The van der Waals surface area contributed by atoms with Gasteiger partial charge in [-0.1, -0.05) is 0 Å². The molecule has 0 heterocycles. The average molecular weight is 234 g/mol. The third-order valence-corrected chi connectivity index (χ3v) is 0.274. The minimum absolute atomic E-state index is 0. The largest absolute Gasteiger partial charge is 0.251 e. The van der Waals surface area contributed by atoms with Crippen LogP contribution in [0.4, 0.5) is 0 Å². The molecule has 0 aliphatic carbocycles. The number of rotatable bonds is 0. The van der Waals surface area contributed by atoms with E-state index >= 15 is 0 Å². The first-order chi connectivity index (χ1) is 2.56. The van der Waals surface area contributed by atoms with Gasteiger partial charge in [0.15, 0.2) is 0 Å². The quantitative estimate of drug-likeness (QED) is 0.505. The minimum atomic E-state index is -0.403. The summed E-state index contributed by atoms with van der Waals surface area (Å²) < 4.78 is 0. The molecule has 3 heteroatoms. The Kier molecular flexibility index (Phi) is 6.64. The maximum absolute atomic E-state index is 7.90. The molecule has 0 bridgehead atoms. The standard InChI is InChI=1S/C4H10O2.Nd/c1-4(2,3)6-5;/h5H,1-3H3;. The molecule has 0 aromatic rings. The van der Waals surface area contributed by atoms with Crippen molar-refractivity contribution in [3.63, 3.8) is 0 Å². The molecule has 0 saturated heterocycles. The van der Waals surface area contributed by atoms with Gasteiger partial charge in [-0.25, -0.2) is 4.89 Å². The Balaban J connectivity index is 0. The van der Waals surface area contributed by atoms with Gasteiger partial charge in [0, 0.05) is 40.8 Å². The molecule has 0 amide bonds. The van der Waals surface area contributed by atoms with Crippen LogP contribution in [0.5, 0.6) is 0 Å². The average Bonchev–Trinajstić information content (AvgIpc) is 1.35. The molecule has 2 nitrogen and oxygen atoms in total. The normalized spacial score (nSPS) is 10.3. The van der Waals surface area contributed by atoms with Gasteiger partial charge in [0.25, 0.3) is 0 Å². The molecular formula is C4H10NdO2. The van der Waals surface area contributed by atoms with Crippen LogP contribution in [0.1, 0.15) is 20.8 Å². The van der Waals surface area contributed by atoms with Crippen LogP contribution in [0.3, 0.4) is 0 Å². The monoisotopic (exact) mass is 232 g/mol. The molecule has 0 saturated carbocycles. The van der Waals surface area contributed by atoms with Crippen molar-refractivity contribution in [1.82, 2.24) is 0 Å². The van der Waals surface area contributed by atoms with E-state index < -0.39 is 5.60 Å². The van der Waals surface area contributed by atoms with Crippen molar-refractivity contribution in [3.05, 3.63) is 0 Å². The van der Waals surface area contributed by atoms with E-state index in [9.17, 15) is 0 Å². The predicted molar refractivity (Wildman–Crippen MR) is 23.5 cm³/mol. The summed E-state index contributed by atoms with van der Waals surface area (Å²) in [6, 6.07) is 0. The van der Waals surface area contributed by atoms with E-state index in [1.54, 1.807) is 20.8 Å². The van der Waals surface area contributed by atoms with E-state index in [2.05, 4.69) is 4.89 Å². The Morgan fingerprint density at radius 2 is 1.43 bits per heavy atom. The SMILES string of the molecule is CC(C)(C)OO.[Nd]. The Labute approximate surface area is 76.7 Å². The summed E-state index contributed by atoms with van der Waals surface area (Å²) in [5.41, 5.74) is -0.403. The molecule has 0 atom stereocenters. The fourth-order valence-electron chi connectivity index (χ4n) is 0. The number of hydrogen-bond acceptors (Lipinski definition) is 2. The predicted octanol–water partition coefficient (Wildman–Crippen LogP) is 1.27. The molecule has 0 unspecified atom stereocenters. The van der Waals surface area contributed by atoms with E-state index in [-0.39, 0.29) is 40.8 Å². The first kappa shape index (κ1) is 11.1. The van der Waals surface area contributed by atoms with Crippen LogP contribution in [0.25, 0.3) is 0 Å². The van der Waals surface area contributed by atoms with Crippen LogP contribution in [-0.4, -0.2) is 10.9 Å². The smallest absolute Gasteiger partial charge is 0.0949 e. The second-order valence-electron chi connectivity index (χ2n) is 2.20. The summed E-state index contributed by atoms with van der Waals surface area (Å²) in [6.07, 6.45) is 0. The Morgan fingerprint density at radius 1 is 1.29 bits per heavy atom. The zero-order chi connectivity index (χ0) is 5.21. The van der Waals surface area contributed by atoms with Crippen LogP contribution >= 0.6 is 0 Å². The van der Waals surface area contributed by atoms with Gasteiger partial charge in [-0.15, -0.1) is 0 Å². The van der Waals surface area contributed by atoms with Crippen LogP contribution in [0, 0.1) is 40.8 Å². The third-order valence-electron chi connectivity index (χ3n) is 0.274. The molecule has 0 aliphatic rings. The van der Waals surface area contributed by atoms with Gasteiger partial charge in [-0.05, 0) is 20.8 Å². The molecule has 0 aromatic heterocycles. The summed E-state index contributed by atoms with van der Waals surface area (Å²) in [4.78, 5) is 3.94. The molecule has 0 aliphatic heterocycles. The topological polar surface area (TPSA) is 29.5 Å². The van der Waals surface area contributed by atoms with E-state index in [1.807, 2.05) is 0 Å². The van der Waals surface area contributed by atoms with Gasteiger partial charge < -0.3 is 0 Å². The second-order valence-corrected chi connectivity index (χ2v) is 2.20. The molecule has 0 aromatic carbocycles. The van der Waals surface area contributed by atoms with Crippen LogP contribution in [0.15, 0.2) is 0 Å². The van der Waals surface area contributed by atoms with E-state index in [0.717, 1.165) is 0 Å². The zero-order valence-electron chi connectivity index (χ0n) is 4.86. The molecular weight excluding hydrogens is 224 g/mol. The van der Waals surface area contributed by atoms with Gasteiger partial charge in [0.1, 0.15) is 0 Å². The van der Waals surface area contributed by atoms with Gasteiger partial charge in [0.05, 0.1) is 5.60 Å².